The lowest BCUT2D eigenvalue weighted by atomic mass is 10.4. The monoisotopic (exact) mass is 291 g/mol. The Bertz CT molecular complexity index is 198. The summed E-state index contributed by atoms with van der Waals surface area (Å²) >= 11 is 0. The second-order valence-corrected chi connectivity index (χ2v) is 4.88. The second-order valence-electron chi connectivity index (χ2n) is 4.88. The van der Waals surface area contributed by atoms with E-state index in [1.165, 1.54) is 0 Å². The normalized spacial score (nSPS) is 30.3. The van der Waals surface area contributed by atoms with E-state index in [4.69, 9.17) is 23.7 Å². The van der Waals surface area contributed by atoms with Crippen LogP contribution in [-0.2, 0) is 23.7 Å². The highest BCUT2D eigenvalue weighted by atomic mass is 16.6. The first kappa shape index (κ1) is 17.8. The molecule has 0 amide bonds. The molecule has 6 heteroatoms. The van der Waals surface area contributed by atoms with Gasteiger partial charge in [0.15, 0.2) is 0 Å². The van der Waals surface area contributed by atoms with E-state index in [0.29, 0.717) is 52.9 Å². The van der Waals surface area contributed by atoms with Gasteiger partial charge in [-0.25, -0.2) is 0 Å². The van der Waals surface area contributed by atoms with Gasteiger partial charge in [0, 0.05) is 13.1 Å². The predicted octanol–water partition coefficient (Wildman–Crippen LogP) is 0.450. The lowest BCUT2D eigenvalue weighted by molar-refractivity contribution is -0.0434. The molecule has 1 aliphatic heterocycles. The molecule has 0 aromatic heterocycles. The molecular weight excluding hydrogens is 262 g/mol. The van der Waals surface area contributed by atoms with Gasteiger partial charge in [0.25, 0.3) is 0 Å². The van der Waals surface area contributed by atoms with E-state index in [1.54, 1.807) is 0 Å². The molecule has 1 N–H and O–H groups in total. The summed E-state index contributed by atoms with van der Waals surface area (Å²) in [7, 11) is 0. The lowest BCUT2D eigenvalue weighted by Crippen LogP contribution is -2.29. The molecule has 120 valence electrons. The fourth-order valence-corrected chi connectivity index (χ4v) is 1.72. The van der Waals surface area contributed by atoms with E-state index in [1.807, 2.05) is 13.8 Å². The Labute approximate surface area is 122 Å². The SMILES string of the molecule is C[C@H]1COCCOCCOC[C@H](C)OCCNCCO1. The van der Waals surface area contributed by atoms with Crippen molar-refractivity contribution in [1.29, 1.82) is 0 Å². The number of hydrogen-bond donors (Lipinski definition) is 1. The summed E-state index contributed by atoms with van der Waals surface area (Å²) in [5.41, 5.74) is 0. The van der Waals surface area contributed by atoms with Crippen LogP contribution >= 0.6 is 0 Å². The van der Waals surface area contributed by atoms with Crippen molar-refractivity contribution >= 4 is 0 Å². The van der Waals surface area contributed by atoms with Crippen LogP contribution in [0.4, 0.5) is 0 Å². The van der Waals surface area contributed by atoms with Gasteiger partial charge < -0.3 is 29.0 Å². The maximum atomic E-state index is 5.62. The fourth-order valence-electron chi connectivity index (χ4n) is 1.72. The highest BCUT2D eigenvalue weighted by Gasteiger charge is 2.04. The van der Waals surface area contributed by atoms with Gasteiger partial charge >= 0.3 is 0 Å². The molecule has 0 aliphatic carbocycles. The maximum Gasteiger partial charge on any atom is 0.0781 e. The number of rotatable bonds is 0. The third kappa shape index (κ3) is 10.5. The van der Waals surface area contributed by atoms with Gasteiger partial charge in [-0.2, -0.15) is 0 Å². The van der Waals surface area contributed by atoms with E-state index >= 15 is 0 Å². The van der Waals surface area contributed by atoms with Gasteiger partial charge in [0.2, 0.25) is 0 Å². The Morgan fingerprint density at radius 1 is 0.650 bits per heavy atom. The lowest BCUT2D eigenvalue weighted by Gasteiger charge is -2.16. The largest absolute Gasteiger partial charge is 0.377 e. The third-order valence-electron chi connectivity index (χ3n) is 2.81. The first-order valence-corrected chi connectivity index (χ1v) is 7.46. The van der Waals surface area contributed by atoms with Crippen molar-refractivity contribution in [2.75, 3.05) is 65.9 Å². The first-order chi connectivity index (χ1) is 9.79. The molecule has 1 rings (SSSR count). The average Bonchev–Trinajstić information content (AvgIpc) is 2.43. The Morgan fingerprint density at radius 2 is 1.10 bits per heavy atom. The summed E-state index contributed by atoms with van der Waals surface area (Å²) in [5, 5.41) is 3.28. The van der Waals surface area contributed by atoms with Crippen molar-refractivity contribution in [2.24, 2.45) is 0 Å². The third-order valence-corrected chi connectivity index (χ3v) is 2.81. The van der Waals surface area contributed by atoms with Gasteiger partial charge in [-0.1, -0.05) is 0 Å². The summed E-state index contributed by atoms with van der Waals surface area (Å²) < 4.78 is 27.6. The minimum atomic E-state index is 0.107. The summed E-state index contributed by atoms with van der Waals surface area (Å²) in [5.74, 6) is 0. The molecule has 0 spiro atoms. The molecule has 1 heterocycles. The zero-order valence-electron chi connectivity index (χ0n) is 12.8. The topological polar surface area (TPSA) is 58.2 Å². The molecule has 0 saturated carbocycles. The average molecular weight is 291 g/mol. The Balaban J connectivity index is 2.16. The first-order valence-electron chi connectivity index (χ1n) is 7.46. The molecular formula is C14H29NO5. The van der Waals surface area contributed by atoms with Crippen molar-refractivity contribution in [1.82, 2.24) is 5.32 Å². The van der Waals surface area contributed by atoms with Crippen LogP contribution in [0.1, 0.15) is 13.8 Å². The summed E-state index contributed by atoms with van der Waals surface area (Å²) in [6.45, 7) is 10.6. The van der Waals surface area contributed by atoms with Crippen LogP contribution in [0.2, 0.25) is 0 Å². The number of ether oxygens (including phenoxy) is 5. The van der Waals surface area contributed by atoms with Gasteiger partial charge in [0.05, 0.1) is 65.1 Å². The van der Waals surface area contributed by atoms with Crippen molar-refractivity contribution in [3.05, 3.63) is 0 Å². The van der Waals surface area contributed by atoms with Crippen molar-refractivity contribution < 1.29 is 23.7 Å². The molecule has 0 aromatic carbocycles. The zero-order chi connectivity index (χ0) is 14.5. The Hall–Kier alpha value is -0.240. The maximum absolute atomic E-state index is 5.62. The number of nitrogens with one attached hydrogen (secondary N) is 1. The van der Waals surface area contributed by atoms with Crippen LogP contribution in [0.3, 0.4) is 0 Å². The molecule has 0 radical (unpaired) electrons. The standard InChI is InChI=1S/C14H29NO5/c1-13-11-17-9-7-16-8-10-18-12-14(2)20-6-4-15-3-5-19-13/h13-15H,3-12H2,1-2H3/t13-,14-/m0/s1. The van der Waals surface area contributed by atoms with Crippen molar-refractivity contribution in [3.8, 4) is 0 Å². The van der Waals surface area contributed by atoms with Crippen LogP contribution in [0.5, 0.6) is 0 Å². The quantitative estimate of drug-likeness (QED) is 0.699. The van der Waals surface area contributed by atoms with Crippen LogP contribution in [0, 0.1) is 0 Å². The molecule has 0 unspecified atom stereocenters. The number of hydrogen-bond acceptors (Lipinski definition) is 6. The zero-order valence-corrected chi connectivity index (χ0v) is 12.8. The molecule has 1 saturated heterocycles. The predicted molar refractivity (Wildman–Crippen MR) is 76.2 cm³/mol. The smallest absolute Gasteiger partial charge is 0.0781 e. The van der Waals surface area contributed by atoms with Crippen LogP contribution in [-0.4, -0.2) is 78.2 Å². The van der Waals surface area contributed by atoms with E-state index in [2.05, 4.69) is 5.32 Å². The molecule has 2 atom stereocenters. The summed E-state index contributed by atoms with van der Waals surface area (Å²) in [4.78, 5) is 0. The van der Waals surface area contributed by atoms with Crippen LogP contribution in [0.15, 0.2) is 0 Å². The molecule has 0 bridgehead atoms. The van der Waals surface area contributed by atoms with Gasteiger partial charge in [-0.3, -0.25) is 0 Å². The Morgan fingerprint density at radius 3 is 1.60 bits per heavy atom. The van der Waals surface area contributed by atoms with E-state index in [0.717, 1.165) is 13.1 Å². The van der Waals surface area contributed by atoms with E-state index in [-0.39, 0.29) is 12.2 Å². The minimum absolute atomic E-state index is 0.107. The molecule has 6 nitrogen and oxygen atoms in total. The fraction of sp³-hybridized carbons (Fsp3) is 1.00. The van der Waals surface area contributed by atoms with Crippen molar-refractivity contribution in [3.63, 3.8) is 0 Å². The summed E-state index contributed by atoms with van der Waals surface area (Å²) in [6, 6.07) is 0. The van der Waals surface area contributed by atoms with Crippen LogP contribution in [0.25, 0.3) is 0 Å². The van der Waals surface area contributed by atoms with E-state index < -0.39 is 0 Å². The van der Waals surface area contributed by atoms with Gasteiger partial charge in [-0.15, -0.1) is 0 Å². The highest BCUT2D eigenvalue weighted by molar-refractivity contribution is 4.53. The van der Waals surface area contributed by atoms with E-state index in [9.17, 15) is 0 Å². The highest BCUT2D eigenvalue weighted by Crippen LogP contribution is 1.94. The molecule has 0 aromatic rings. The molecule has 1 fully saturated rings. The Kier molecular flexibility index (Phi) is 11.1. The van der Waals surface area contributed by atoms with Gasteiger partial charge in [-0.05, 0) is 13.8 Å². The van der Waals surface area contributed by atoms with Crippen molar-refractivity contribution in [2.45, 2.75) is 26.1 Å². The van der Waals surface area contributed by atoms with Crippen LogP contribution < -0.4 is 5.32 Å². The second kappa shape index (κ2) is 12.5. The molecule has 20 heavy (non-hydrogen) atoms. The van der Waals surface area contributed by atoms with Gasteiger partial charge in [0.1, 0.15) is 0 Å². The summed E-state index contributed by atoms with van der Waals surface area (Å²) in [6.07, 6.45) is 0.213. The minimum Gasteiger partial charge on any atom is -0.377 e. The molecule has 1 aliphatic rings.